The highest BCUT2D eigenvalue weighted by molar-refractivity contribution is 5.66. The summed E-state index contributed by atoms with van der Waals surface area (Å²) in [5.74, 6) is -0.725. The molecule has 2 nitrogen and oxygen atoms in total. The van der Waals surface area contributed by atoms with Gasteiger partial charge in [-0.05, 0) is 31.4 Å². The molecule has 1 aromatic carbocycles. The Hall–Kier alpha value is -1.31. The molecule has 1 rings (SSSR count). The molecular weight excluding hydrogens is 164 g/mol. The van der Waals surface area contributed by atoms with Gasteiger partial charge >= 0.3 is 5.97 Å². The van der Waals surface area contributed by atoms with Crippen molar-refractivity contribution in [3.63, 3.8) is 0 Å². The zero-order chi connectivity index (χ0) is 9.68. The summed E-state index contributed by atoms with van der Waals surface area (Å²) in [4.78, 5) is 10.2. The molecule has 0 aromatic heterocycles. The third-order valence-corrected chi connectivity index (χ3v) is 1.85. The lowest BCUT2D eigenvalue weighted by Gasteiger charge is -2.00. The lowest BCUT2D eigenvalue weighted by Crippen LogP contribution is -1.95. The molecule has 1 radical (unpaired) electrons. The highest BCUT2D eigenvalue weighted by atomic mass is 16.4. The van der Waals surface area contributed by atoms with Gasteiger partial charge in [0.25, 0.3) is 0 Å². The van der Waals surface area contributed by atoms with E-state index in [9.17, 15) is 4.79 Å². The first-order valence-electron chi connectivity index (χ1n) is 4.37. The summed E-state index contributed by atoms with van der Waals surface area (Å²) >= 11 is 0. The second-order valence-corrected chi connectivity index (χ2v) is 3.17. The van der Waals surface area contributed by atoms with Crippen molar-refractivity contribution in [2.45, 2.75) is 26.2 Å². The third-order valence-electron chi connectivity index (χ3n) is 1.85. The SMILES string of the molecule is Cc1c[c]cc(CCCC(=O)O)c1. The maximum Gasteiger partial charge on any atom is 0.303 e. The van der Waals surface area contributed by atoms with Crippen molar-refractivity contribution < 1.29 is 9.90 Å². The molecule has 0 heterocycles. The van der Waals surface area contributed by atoms with Crippen molar-refractivity contribution in [2.24, 2.45) is 0 Å². The number of rotatable bonds is 4. The van der Waals surface area contributed by atoms with E-state index >= 15 is 0 Å². The van der Waals surface area contributed by atoms with Gasteiger partial charge in [0.2, 0.25) is 0 Å². The predicted octanol–water partition coefficient (Wildman–Crippen LogP) is 2.20. The number of carboxylic acids is 1. The molecular formula is C11H13O2. The van der Waals surface area contributed by atoms with Gasteiger partial charge in [-0.3, -0.25) is 4.79 Å². The summed E-state index contributed by atoms with van der Waals surface area (Å²) in [5.41, 5.74) is 2.34. The first-order valence-corrected chi connectivity index (χ1v) is 4.37. The van der Waals surface area contributed by atoms with Gasteiger partial charge in [0.05, 0.1) is 0 Å². The van der Waals surface area contributed by atoms with Crippen LogP contribution in [0.1, 0.15) is 24.0 Å². The lowest BCUT2D eigenvalue weighted by atomic mass is 10.1. The van der Waals surface area contributed by atoms with E-state index < -0.39 is 5.97 Å². The van der Waals surface area contributed by atoms with E-state index in [4.69, 9.17) is 5.11 Å². The largest absolute Gasteiger partial charge is 0.481 e. The minimum absolute atomic E-state index is 0.244. The number of carbonyl (C=O) groups is 1. The van der Waals surface area contributed by atoms with Crippen molar-refractivity contribution in [1.29, 1.82) is 0 Å². The number of carboxylic acid groups (broad SMARTS) is 1. The number of benzene rings is 1. The predicted molar refractivity (Wildman–Crippen MR) is 50.6 cm³/mol. The molecule has 0 atom stereocenters. The fraction of sp³-hybridized carbons (Fsp3) is 0.364. The van der Waals surface area contributed by atoms with Crippen LogP contribution in [0.5, 0.6) is 0 Å². The first-order chi connectivity index (χ1) is 6.18. The average molecular weight is 177 g/mol. The Labute approximate surface area is 78.2 Å². The zero-order valence-electron chi connectivity index (χ0n) is 7.71. The second-order valence-electron chi connectivity index (χ2n) is 3.17. The summed E-state index contributed by atoms with van der Waals surface area (Å²) in [6, 6.07) is 8.92. The molecule has 2 heteroatoms. The van der Waals surface area contributed by atoms with E-state index in [0.717, 1.165) is 6.42 Å². The molecule has 0 bridgehead atoms. The van der Waals surface area contributed by atoms with Crippen LogP contribution in [0.3, 0.4) is 0 Å². The molecule has 0 saturated heterocycles. The molecule has 13 heavy (non-hydrogen) atoms. The van der Waals surface area contributed by atoms with Gasteiger partial charge in [-0.2, -0.15) is 0 Å². The van der Waals surface area contributed by atoms with Gasteiger partial charge in [0, 0.05) is 6.42 Å². The van der Waals surface area contributed by atoms with Crippen molar-refractivity contribution in [2.75, 3.05) is 0 Å². The fourth-order valence-electron chi connectivity index (χ4n) is 1.24. The van der Waals surface area contributed by atoms with E-state index in [1.54, 1.807) is 0 Å². The highest BCUT2D eigenvalue weighted by Crippen LogP contribution is 2.07. The Kier molecular flexibility index (Phi) is 3.50. The van der Waals surface area contributed by atoms with Gasteiger partial charge < -0.3 is 5.11 Å². The smallest absolute Gasteiger partial charge is 0.303 e. The third kappa shape index (κ3) is 3.74. The van der Waals surface area contributed by atoms with Crippen LogP contribution in [0.4, 0.5) is 0 Å². The topological polar surface area (TPSA) is 37.3 Å². The molecule has 0 spiro atoms. The van der Waals surface area contributed by atoms with Crippen molar-refractivity contribution in [3.05, 3.63) is 35.4 Å². The molecule has 0 amide bonds. The van der Waals surface area contributed by atoms with Gasteiger partial charge in [0.1, 0.15) is 0 Å². The summed E-state index contributed by atoms with van der Waals surface area (Å²) in [6.07, 6.45) is 1.77. The molecule has 0 unspecified atom stereocenters. The van der Waals surface area contributed by atoms with Crippen molar-refractivity contribution in [1.82, 2.24) is 0 Å². The Balaban J connectivity index is 2.41. The van der Waals surface area contributed by atoms with Gasteiger partial charge in [0.15, 0.2) is 0 Å². The standard InChI is InChI=1S/C11H13O2/c1-9-4-2-5-10(8-9)6-3-7-11(12)13/h4-5,8H,3,6-7H2,1H3,(H,12,13). The number of aryl methyl sites for hydroxylation is 2. The molecule has 1 aromatic rings. The Morgan fingerprint density at radius 1 is 1.54 bits per heavy atom. The molecule has 0 aliphatic heterocycles. The zero-order valence-corrected chi connectivity index (χ0v) is 7.71. The Morgan fingerprint density at radius 2 is 2.31 bits per heavy atom. The van der Waals surface area contributed by atoms with Crippen molar-refractivity contribution >= 4 is 5.97 Å². The quantitative estimate of drug-likeness (QED) is 0.765. The van der Waals surface area contributed by atoms with Crippen LogP contribution in [0.25, 0.3) is 0 Å². The molecule has 0 aliphatic carbocycles. The van der Waals surface area contributed by atoms with E-state index in [0.29, 0.717) is 6.42 Å². The molecule has 0 aliphatic rings. The van der Waals surface area contributed by atoms with Gasteiger partial charge in [-0.1, -0.05) is 23.8 Å². The van der Waals surface area contributed by atoms with Crippen LogP contribution < -0.4 is 0 Å². The minimum atomic E-state index is -0.725. The second kappa shape index (κ2) is 4.65. The van der Waals surface area contributed by atoms with Crippen LogP contribution in [0.15, 0.2) is 18.2 Å². The van der Waals surface area contributed by atoms with E-state index in [2.05, 4.69) is 12.1 Å². The number of hydrogen-bond acceptors (Lipinski definition) is 1. The Bertz CT molecular complexity index is 292. The summed E-state index contributed by atoms with van der Waals surface area (Å²) in [7, 11) is 0. The van der Waals surface area contributed by atoms with E-state index in [1.807, 2.05) is 19.1 Å². The van der Waals surface area contributed by atoms with Gasteiger partial charge in [-0.15, -0.1) is 0 Å². The van der Waals surface area contributed by atoms with Crippen molar-refractivity contribution in [3.8, 4) is 0 Å². The van der Waals surface area contributed by atoms with Crippen LogP contribution in [0.2, 0.25) is 0 Å². The highest BCUT2D eigenvalue weighted by Gasteiger charge is 1.98. The normalized spacial score (nSPS) is 9.92. The minimum Gasteiger partial charge on any atom is -0.481 e. The summed E-state index contributed by atoms with van der Waals surface area (Å²) in [5, 5.41) is 8.44. The van der Waals surface area contributed by atoms with Gasteiger partial charge in [-0.25, -0.2) is 0 Å². The molecule has 1 N–H and O–H groups in total. The van der Waals surface area contributed by atoms with Crippen LogP contribution in [-0.2, 0) is 11.2 Å². The fourth-order valence-corrected chi connectivity index (χ4v) is 1.24. The number of aliphatic carboxylic acids is 1. The lowest BCUT2D eigenvalue weighted by molar-refractivity contribution is -0.137. The molecule has 0 fully saturated rings. The molecule has 0 saturated carbocycles. The monoisotopic (exact) mass is 177 g/mol. The van der Waals surface area contributed by atoms with E-state index in [1.165, 1.54) is 11.1 Å². The summed E-state index contributed by atoms with van der Waals surface area (Å²) < 4.78 is 0. The number of hydrogen-bond donors (Lipinski definition) is 1. The average Bonchev–Trinajstić information content (AvgIpc) is 2.03. The maximum atomic E-state index is 10.2. The summed E-state index contributed by atoms with van der Waals surface area (Å²) in [6.45, 7) is 2.01. The first kappa shape index (κ1) is 9.78. The van der Waals surface area contributed by atoms with Crippen LogP contribution in [-0.4, -0.2) is 11.1 Å². The van der Waals surface area contributed by atoms with Crippen LogP contribution in [0, 0.1) is 13.0 Å². The maximum absolute atomic E-state index is 10.2. The molecule has 69 valence electrons. The van der Waals surface area contributed by atoms with Crippen LogP contribution >= 0.6 is 0 Å². The Morgan fingerprint density at radius 3 is 2.92 bits per heavy atom. The van der Waals surface area contributed by atoms with E-state index in [-0.39, 0.29) is 6.42 Å².